The van der Waals surface area contributed by atoms with Crippen molar-refractivity contribution >= 4 is 16.9 Å². The van der Waals surface area contributed by atoms with Gasteiger partial charge in [0.15, 0.2) is 0 Å². The average Bonchev–Trinajstić information content (AvgIpc) is 3.05. The summed E-state index contributed by atoms with van der Waals surface area (Å²) in [7, 11) is 0. The number of hydrogen-bond donors (Lipinski definition) is 3. The highest BCUT2D eigenvalue weighted by atomic mass is 16.3. The predicted octanol–water partition coefficient (Wildman–Crippen LogP) is 3.25. The van der Waals surface area contributed by atoms with Gasteiger partial charge in [-0.2, -0.15) is 0 Å². The summed E-state index contributed by atoms with van der Waals surface area (Å²) >= 11 is 0. The van der Waals surface area contributed by atoms with E-state index in [9.17, 15) is 5.11 Å². The van der Waals surface area contributed by atoms with Crippen LogP contribution in [0.5, 0.6) is 5.75 Å². The lowest BCUT2D eigenvalue weighted by atomic mass is 10.0. The van der Waals surface area contributed by atoms with E-state index in [0.29, 0.717) is 22.5 Å². The molecule has 5 heteroatoms. The second-order valence-corrected chi connectivity index (χ2v) is 5.78. The van der Waals surface area contributed by atoms with E-state index >= 15 is 0 Å². The third kappa shape index (κ3) is 2.61. The van der Waals surface area contributed by atoms with Gasteiger partial charge in [-0.15, -0.1) is 0 Å². The number of imidazole rings is 1. The van der Waals surface area contributed by atoms with Gasteiger partial charge in [0, 0.05) is 11.1 Å². The normalized spacial score (nSPS) is 10.9. The topological polar surface area (TPSA) is 102 Å². The van der Waals surface area contributed by atoms with Crippen LogP contribution < -0.4 is 10.8 Å². The molecule has 1 heterocycles. The van der Waals surface area contributed by atoms with E-state index in [1.165, 1.54) is 0 Å². The van der Waals surface area contributed by atoms with Gasteiger partial charge in [-0.05, 0) is 29.3 Å². The Kier molecular flexibility index (Phi) is 3.47. The third-order valence-electron chi connectivity index (χ3n) is 4.15. The minimum atomic E-state index is -0.0699. The number of nitrogens with zero attached hydrogens (tertiary/aromatic N) is 1. The molecule has 0 aliphatic carbocycles. The monoisotopic (exact) mass is 327 g/mol. The van der Waals surface area contributed by atoms with Crippen LogP contribution in [0.3, 0.4) is 0 Å². The lowest BCUT2D eigenvalue weighted by Gasteiger charge is -2.17. The van der Waals surface area contributed by atoms with Gasteiger partial charge in [0.1, 0.15) is 11.7 Å². The Hall–Kier alpha value is -3.60. The van der Waals surface area contributed by atoms with Gasteiger partial charge < -0.3 is 15.8 Å². The quantitative estimate of drug-likeness (QED) is 0.397. The molecule has 4 aromatic rings. The molecule has 0 bridgehead atoms. The van der Waals surface area contributed by atoms with E-state index in [2.05, 4.69) is 9.97 Å². The van der Waals surface area contributed by atoms with Gasteiger partial charge >= 0.3 is 0 Å². The Morgan fingerprint density at radius 2 is 1.72 bits per heavy atom. The molecule has 0 saturated heterocycles. The van der Waals surface area contributed by atoms with Crippen LogP contribution in [0.15, 0.2) is 66.7 Å². The molecular weight excluding hydrogens is 312 g/mol. The summed E-state index contributed by atoms with van der Waals surface area (Å²) in [6.07, 6.45) is 0. The second-order valence-electron chi connectivity index (χ2n) is 5.78. The molecule has 3 aromatic carbocycles. The van der Waals surface area contributed by atoms with Crippen molar-refractivity contribution in [3.63, 3.8) is 0 Å². The summed E-state index contributed by atoms with van der Waals surface area (Å²) in [6, 6.07) is 20.3. The van der Waals surface area contributed by atoms with Crippen LogP contribution >= 0.6 is 0 Å². The molecular formula is C20H15N4O-. The molecule has 0 atom stereocenters. The minimum Gasteiger partial charge on any atom is -0.872 e. The number of nitrogens with one attached hydrogen (secondary N) is 2. The fraction of sp³-hybridized carbons (Fsp3) is 0. The number of aromatic nitrogens is 2. The molecule has 0 fully saturated rings. The van der Waals surface area contributed by atoms with E-state index in [4.69, 9.17) is 11.1 Å². The number of aromatic amines is 1. The molecule has 4 rings (SSSR count). The van der Waals surface area contributed by atoms with Gasteiger partial charge in [-0.25, -0.2) is 4.98 Å². The summed E-state index contributed by atoms with van der Waals surface area (Å²) in [5.74, 6) is 0.437. The van der Waals surface area contributed by atoms with Gasteiger partial charge in [-0.1, -0.05) is 54.3 Å². The Morgan fingerprint density at radius 3 is 2.48 bits per heavy atom. The van der Waals surface area contributed by atoms with Crippen molar-refractivity contribution in [2.75, 3.05) is 0 Å². The summed E-state index contributed by atoms with van der Waals surface area (Å²) in [6.45, 7) is 0. The highest BCUT2D eigenvalue weighted by Crippen LogP contribution is 2.35. The minimum absolute atomic E-state index is 0.00589. The van der Waals surface area contributed by atoms with Crippen molar-refractivity contribution in [3.8, 4) is 28.3 Å². The highest BCUT2D eigenvalue weighted by molar-refractivity contribution is 5.98. The SMILES string of the molecule is N=C(N)c1ccc2nc(-c3cccc(-c4ccccc4)c3[O-])[nH]c2c1. The van der Waals surface area contributed by atoms with E-state index in [1.807, 2.05) is 42.5 Å². The van der Waals surface area contributed by atoms with Gasteiger partial charge in [-0.3, -0.25) is 5.41 Å². The number of nitrogen functional groups attached to an aromatic ring is 1. The molecule has 0 aliphatic heterocycles. The molecule has 5 nitrogen and oxygen atoms in total. The molecule has 0 unspecified atom stereocenters. The van der Waals surface area contributed by atoms with Crippen LogP contribution in [0.4, 0.5) is 0 Å². The van der Waals surface area contributed by atoms with Crippen LogP contribution in [-0.4, -0.2) is 15.8 Å². The van der Waals surface area contributed by atoms with Crippen LogP contribution in [-0.2, 0) is 0 Å². The average molecular weight is 327 g/mol. The zero-order valence-corrected chi connectivity index (χ0v) is 13.3. The lowest BCUT2D eigenvalue weighted by molar-refractivity contribution is -0.266. The number of fused-ring (bicyclic) bond motifs is 1. The number of H-pyrrole nitrogens is 1. The van der Waals surface area contributed by atoms with Crippen molar-refractivity contribution in [3.05, 3.63) is 72.3 Å². The van der Waals surface area contributed by atoms with Crippen molar-refractivity contribution in [2.24, 2.45) is 5.73 Å². The van der Waals surface area contributed by atoms with Crippen LogP contribution in [0.25, 0.3) is 33.5 Å². The fourth-order valence-corrected chi connectivity index (χ4v) is 2.87. The zero-order chi connectivity index (χ0) is 17.4. The number of rotatable bonds is 3. The van der Waals surface area contributed by atoms with Gasteiger partial charge in [0.2, 0.25) is 0 Å². The van der Waals surface area contributed by atoms with E-state index in [1.54, 1.807) is 24.3 Å². The van der Waals surface area contributed by atoms with E-state index < -0.39 is 0 Å². The summed E-state index contributed by atoms with van der Waals surface area (Å²) in [5.41, 5.74) is 9.65. The summed E-state index contributed by atoms with van der Waals surface area (Å²) in [5, 5.41) is 20.4. The Balaban J connectivity index is 1.85. The number of amidine groups is 1. The molecule has 0 radical (unpaired) electrons. The van der Waals surface area contributed by atoms with Gasteiger partial charge in [0.05, 0.1) is 11.0 Å². The molecule has 0 saturated carbocycles. The molecule has 0 spiro atoms. The zero-order valence-electron chi connectivity index (χ0n) is 13.3. The first-order valence-corrected chi connectivity index (χ1v) is 7.83. The Bertz CT molecular complexity index is 1080. The van der Waals surface area contributed by atoms with E-state index in [0.717, 1.165) is 16.6 Å². The highest BCUT2D eigenvalue weighted by Gasteiger charge is 2.10. The Morgan fingerprint density at radius 1 is 0.960 bits per heavy atom. The number of benzene rings is 3. The van der Waals surface area contributed by atoms with Crippen molar-refractivity contribution in [1.29, 1.82) is 5.41 Å². The molecule has 122 valence electrons. The van der Waals surface area contributed by atoms with Crippen LogP contribution in [0.2, 0.25) is 0 Å². The fourth-order valence-electron chi connectivity index (χ4n) is 2.87. The number of para-hydroxylation sites is 1. The molecule has 1 aromatic heterocycles. The first-order chi connectivity index (χ1) is 12.1. The lowest BCUT2D eigenvalue weighted by Crippen LogP contribution is -2.10. The molecule has 25 heavy (non-hydrogen) atoms. The third-order valence-corrected chi connectivity index (χ3v) is 4.15. The Labute approximate surface area is 144 Å². The van der Waals surface area contributed by atoms with Crippen LogP contribution in [0.1, 0.15) is 5.56 Å². The molecule has 0 amide bonds. The first-order valence-electron chi connectivity index (χ1n) is 7.83. The largest absolute Gasteiger partial charge is 0.872 e. The van der Waals surface area contributed by atoms with Crippen molar-refractivity contribution in [2.45, 2.75) is 0 Å². The second kappa shape index (κ2) is 5.79. The maximum Gasteiger partial charge on any atom is 0.137 e. The predicted molar refractivity (Wildman–Crippen MR) is 97.4 cm³/mol. The summed E-state index contributed by atoms with van der Waals surface area (Å²) in [4.78, 5) is 7.68. The first kappa shape index (κ1) is 15.0. The van der Waals surface area contributed by atoms with Crippen LogP contribution in [0, 0.1) is 5.41 Å². The molecule has 4 N–H and O–H groups in total. The molecule has 0 aliphatic rings. The maximum absolute atomic E-state index is 12.9. The standard InChI is InChI=1S/C20H16N4O/c21-19(22)13-9-10-16-17(11-13)24-20(23-16)15-8-4-7-14(18(15)25)12-5-2-1-3-6-12/h1-11,25H,(H3,21,22)(H,23,24)/p-1. The van der Waals surface area contributed by atoms with E-state index in [-0.39, 0.29) is 11.6 Å². The van der Waals surface area contributed by atoms with Crippen molar-refractivity contribution < 1.29 is 5.11 Å². The summed E-state index contributed by atoms with van der Waals surface area (Å²) < 4.78 is 0. The number of nitrogens with two attached hydrogens (primary N) is 1. The van der Waals surface area contributed by atoms with Crippen molar-refractivity contribution in [1.82, 2.24) is 9.97 Å². The number of hydrogen-bond acceptors (Lipinski definition) is 3. The smallest absolute Gasteiger partial charge is 0.137 e. The maximum atomic E-state index is 12.9. The van der Waals surface area contributed by atoms with Gasteiger partial charge in [0.25, 0.3) is 0 Å².